The number of hydrogen-bond acceptors (Lipinski definition) is 11. The van der Waals surface area contributed by atoms with Crippen molar-refractivity contribution in [2.24, 2.45) is 5.92 Å². The summed E-state index contributed by atoms with van der Waals surface area (Å²) >= 11 is 1.53. The molecule has 0 spiro atoms. The van der Waals surface area contributed by atoms with Crippen molar-refractivity contribution in [3.63, 3.8) is 0 Å². The molecular formula is C25H36N6O4S. The predicted octanol–water partition coefficient (Wildman–Crippen LogP) is 2.90. The van der Waals surface area contributed by atoms with Gasteiger partial charge in [0.05, 0.1) is 46.0 Å². The first kappa shape index (κ1) is 26.6. The zero-order valence-corrected chi connectivity index (χ0v) is 22.3. The summed E-state index contributed by atoms with van der Waals surface area (Å²) in [6.45, 7) is 8.66. The molecule has 0 saturated heterocycles. The molecule has 0 bridgehead atoms. The van der Waals surface area contributed by atoms with E-state index in [0.717, 1.165) is 32.2 Å². The molecule has 4 rings (SSSR count). The van der Waals surface area contributed by atoms with Gasteiger partial charge >= 0.3 is 0 Å². The highest BCUT2D eigenvalue weighted by atomic mass is 32.1. The minimum absolute atomic E-state index is 0.401. The summed E-state index contributed by atoms with van der Waals surface area (Å²) < 4.78 is 6.14. The van der Waals surface area contributed by atoms with E-state index in [1.54, 1.807) is 13.3 Å². The molecule has 0 amide bonds. The summed E-state index contributed by atoms with van der Waals surface area (Å²) in [7, 11) is 1.63. The van der Waals surface area contributed by atoms with Gasteiger partial charge in [0, 0.05) is 25.8 Å². The zero-order valence-electron chi connectivity index (χ0n) is 21.4. The molecule has 5 N–H and O–H groups in total. The Labute approximate surface area is 215 Å². The van der Waals surface area contributed by atoms with Crippen LogP contribution in [0.2, 0.25) is 0 Å². The molecule has 1 saturated carbocycles. The van der Waals surface area contributed by atoms with E-state index in [9.17, 15) is 15.3 Å². The molecule has 0 radical (unpaired) electrons. The molecule has 1 aliphatic carbocycles. The maximum absolute atomic E-state index is 11.1. The fourth-order valence-corrected chi connectivity index (χ4v) is 6.14. The van der Waals surface area contributed by atoms with Crippen LogP contribution in [-0.4, -0.2) is 79.4 Å². The van der Waals surface area contributed by atoms with Crippen LogP contribution >= 0.6 is 11.3 Å². The highest BCUT2D eigenvalue weighted by Crippen LogP contribution is 2.42. The van der Waals surface area contributed by atoms with E-state index in [-0.39, 0.29) is 0 Å². The van der Waals surface area contributed by atoms with Crippen molar-refractivity contribution in [2.75, 3.05) is 30.9 Å². The van der Waals surface area contributed by atoms with Crippen LogP contribution in [0.4, 0.5) is 11.8 Å². The van der Waals surface area contributed by atoms with E-state index in [0.29, 0.717) is 44.2 Å². The van der Waals surface area contributed by atoms with Gasteiger partial charge in [-0.25, -0.2) is 9.97 Å². The summed E-state index contributed by atoms with van der Waals surface area (Å²) in [4.78, 5) is 18.6. The van der Waals surface area contributed by atoms with Crippen LogP contribution in [0.3, 0.4) is 0 Å². The predicted molar refractivity (Wildman–Crippen MR) is 141 cm³/mol. The Balaban J connectivity index is 1.73. The number of aromatic nitrogens is 4. The van der Waals surface area contributed by atoms with Crippen LogP contribution in [0, 0.1) is 19.8 Å². The number of anilines is 2. The summed E-state index contributed by atoms with van der Waals surface area (Å²) in [5, 5.41) is 40.2. The zero-order chi connectivity index (χ0) is 26.0. The molecule has 3 heterocycles. The summed E-state index contributed by atoms with van der Waals surface area (Å²) in [5.74, 6) is 0.486. The number of methoxy groups -OCH3 is 1. The summed E-state index contributed by atoms with van der Waals surface area (Å²) in [6.07, 6.45) is 1.05. The second-order valence-electron chi connectivity index (χ2n) is 9.42. The molecule has 10 nitrogen and oxygen atoms in total. The molecule has 1 aliphatic rings. The Hall–Kier alpha value is -2.44. The van der Waals surface area contributed by atoms with E-state index < -0.39 is 29.8 Å². The van der Waals surface area contributed by atoms with E-state index >= 15 is 0 Å². The average Bonchev–Trinajstić information content (AvgIpc) is 3.41. The lowest BCUT2D eigenvalue weighted by Gasteiger charge is -2.34. The Kier molecular flexibility index (Phi) is 8.06. The third kappa shape index (κ3) is 5.03. The third-order valence-corrected chi connectivity index (χ3v) is 8.34. The molecule has 36 heavy (non-hydrogen) atoms. The van der Waals surface area contributed by atoms with Crippen molar-refractivity contribution in [3.05, 3.63) is 23.7 Å². The second kappa shape index (κ2) is 10.9. The molecule has 196 valence electrons. The van der Waals surface area contributed by atoms with Crippen molar-refractivity contribution in [3.8, 4) is 10.6 Å². The highest BCUT2D eigenvalue weighted by molar-refractivity contribution is 7.21. The number of fused-ring (bicyclic) bond motifs is 1. The van der Waals surface area contributed by atoms with Gasteiger partial charge in [-0.05, 0) is 39.2 Å². The van der Waals surface area contributed by atoms with Gasteiger partial charge in [-0.2, -0.15) is 4.98 Å². The number of aliphatic hydroxyl groups is 3. The summed E-state index contributed by atoms with van der Waals surface area (Å²) in [5.41, 5.74) is 2.08. The van der Waals surface area contributed by atoms with Gasteiger partial charge in [-0.1, -0.05) is 13.8 Å². The first-order chi connectivity index (χ1) is 17.2. The van der Waals surface area contributed by atoms with Gasteiger partial charge in [-0.3, -0.25) is 4.98 Å². The van der Waals surface area contributed by atoms with Gasteiger partial charge < -0.3 is 30.7 Å². The van der Waals surface area contributed by atoms with Gasteiger partial charge in [0.2, 0.25) is 5.95 Å². The number of ether oxygens (including phenoxy) is 1. The molecule has 0 aliphatic heterocycles. The van der Waals surface area contributed by atoms with E-state index in [2.05, 4.69) is 20.6 Å². The smallest absolute Gasteiger partial charge is 0.224 e. The fourth-order valence-electron chi connectivity index (χ4n) is 5.03. The Morgan fingerprint density at radius 3 is 2.53 bits per heavy atom. The monoisotopic (exact) mass is 516 g/mol. The molecule has 0 aromatic carbocycles. The number of pyridine rings is 1. The normalized spacial score (nSPS) is 22.3. The van der Waals surface area contributed by atoms with Crippen LogP contribution in [0.25, 0.3) is 20.8 Å². The molecular weight excluding hydrogens is 480 g/mol. The third-order valence-electron chi connectivity index (χ3n) is 7.30. The number of hydrogen-bond donors (Lipinski definition) is 5. The number of aryl methyl sites for hydroxylation is 2. The van der Waals surface area contributed by atoms with E-state index in [1.807, 2.05) is 33.8 Å². The molecule has 1 fully saturated rings. The van der Waals surface area contributed by atoms with Crippen molar-refractivity contribution in [1.29, 1.82) is 0 Å². The maximum atomic E-state index is 11.1. The number of aliphatic hydroxyl groups excluding tert-OH is 2. The first-order valence-corrected chi connectivity index (χ1v) is 13.2. The van der Waals surface area contributed by atoms with Crippen molar-refractivity contribution >= 4 is 33.3 Å². The number of rotatable bonds is 10. The topological polar surface area (TPSA) is 146 Å². The molecule has 11 heteroatoms. The Morgan fingerprint density at radius 2 is 1.86 bits per heavy atom. The molecule has 3 aromatic rings. The van der Waals surface area contributed by atoms with Crippen LogP contribution in [0.1, 0.15) is 44.5 Å². The lowest BCUT2D eigenvalue weighted by atomic mass is 9.80. The highest BCUT2D eigenvalue weighted by Gasteiger charge is 2.50. The molecule has 3 aromatic heterocycles. The van der Waals surface area contributed by atoms with E-state index in [4.69, 9.17) is 14.7 Å². The van der Waals surface area contributed by atoms with Gasteiger partial charge in [0.15, 0.2) is 0 Å². The molecule has 4 unspecified atom stereocenters. The number of nitrogens with zero attached hydrogens (tertiary/aromatic N) is 4. The number of nitrogens with one attached hydrogen (secondary N) is 2. The van der Waals surface area contributed by atoms with Crippen LogP contribution in [0.5, 0.6) is 0 Å². The van der Waals surface area contributed by atoms with Crippen LogP contribution in [0.15, 0.2) is 12.3 Å². The van der Waals surface area contributed by atoms with Gasteiger partial charge in [0.25, 0.3) is 0 Å². The minimum atomic E-state index is -1.06. The van der Waals surface area contributed by atoms with E-state index in [1.165, 1.54) is 11.3 Å². The fraction of sp³-hybridized carbons (Fsp3) is 0.600. The quantitative estimate of drug-likeness (QED) is 0.255. The SMILES string of the molecule is CCC(O)(CC)C1CC(Nc2nc(NCCOC)nc(C)c2-c2nc3c(C)nccc3s2)C(O)C1O. The average molecular weight is 517 g/mol. The lowest BCUT2D eigenvalue weighted by molar-refractivity contribution is -0.0843. The minimum Gasteiger partial charge on any atom is -0.390 e. The van der Waals surface area contributed by atoms with Crippen molar-refractivity contribution < 1.29 is 20.1 Å². The Morgan fingerprint density at radius 1 is 1.11 bits per heavy atom. The Bertz CT molecular complexity index is 1200. The second-order valence-corrected chi connectivity index (χ2v) is 10.5. The first-order valence-electron chi connectivity index (χ1n) is 12.4. The van der Waals surface area contributed by atoms with Crippen molar-refractivity contribution in [1.82, 2.24) is 19.9 Å². The van der Waals surface area contributed by atoms with Crippen molar-refractivity contribution in [2.45, 2.75) is 70.8 Å². The largest absolute Gasteiger partial charge is 0.390 e. The lowest BCUT2D eigenvalue weighted by Crippen LogP contribution is -2.43. The molecule has 4 atom stereocenters. The number of thiazole rings is 1. The van der Waals surface area contributed by atoms with Crippen LogP contribution in [-0.2, 0) is 4.74 Å². The van der Waals surface area contributed by atoms with Gasteiger partial charge in [-0.15, -0.1) is 11.3 Å². The standard InChI is InChI=1S/C25H36N6O4S/c1-6-25(34,7-2)15-12-16(21(33)20(15)32)29-22-18(13(3)28-24(31-22)27-10-11-35-5)23-30-19-14(4)26-9-8-17(19)36-23/h8-9,15-16,20-21,32-34H,6-7,10-12H2,1-5H3,(H2,27,28,29,31). The summed E-state index contributed by atoms with van der Waals surface area (Å²) in [6, 6.07) is 1.43. The maximum Gasteiger partial charge on any atom is 0.224 e. The van der Waals surface area contributed by atoms with Crippen LogP contribution < -0.4 is 10.6 Å². The van der Waals surface area contributed by atoms with Gasteiger partial charge in [0.1, 0.15) is 22.4 Å².